The molecule has 0 heterocycles. The largest absolute Gasteiger partial charge is 0.480 e. The fourth-order valence-corrected chi connectivity index (χ4v) is 2.16. The summed E-state index contributed by atoms with van der Waals surface area (Å²) in [6, 6.07) is 2.88. The molecule has 1 aromatic rings. The van der Waals surface area contributed by atoms with E-state index in [1.165, 1.54) is 12.1 Å². The number of nitro benzene ring substituents is 1. The Morgan fingerprint density at radius 3 is 2.65 bits per heavy atom. The summed E-state index contributed by atoms with van der Waals surface area (Å²) in [7, 11) is 0. The number of amides is 1. The molecule has 0 fully saturated rings. The highest BCUT2D eigenvalue weighted by Gasteiger charge is 2.22. The Morgan fingerprint density at radius 2 is 2.15 bits per heavy atom. The number of carboxylic acids is 1. The van der Waals surface area contributed by atoms with Gasteiger partial charge in [0.15, 0.2) is 0 Å². The molecule has 0 spiro atoms. The van der Waals surface area contributed by atoms with Gasteiger partial charge in [-0.15, -0.1) is 0 Å². The van der Waals surface area contributed by atoms with Crippen molar-refractivity contribution in [2.75, 3.05) is 0 Å². The van der Waals surface area contributed by atoms with Crippen LogP contribution in [0.4, 0.5) is 5.69 Å². The third-order valence-electron chi connectivity index (χ3n) is 2.59. The topological polar surface area (TPSA) is 110 Å². The summed E-state index contributed by atoms with van der Waals surface area (Å²) < 4.78 is 0.520. The van der Waals surface area contributed by atoms with Crippen molar-refractivity contribution in [2.45, 2.75) is 25.8 Å². The Bertz CT molecular complexity index is 547. The zero-order chi connectivity index (χ0) is 15.3. The van der Waals surface area contributed by atoms with Crippen LogP contribution >= 0.6 is 22.6 Å². The first-order valence-electron chi connectivity index (χ1n) is 5.84. The van der Waals surface area contributed by atoms with Crippen LogP contribution in [0.1, 0.15) is 30.1 Å². The maximum atomic E-state index is 12.0. The molecule has 2 N–H and O–H groups in total. The van der Waals surface area contributed by atoms with Crippen LogP contribution in [-0.4, -0.2) is 27.9 Å². The van der Waals surface area contributed by atoms with Gasteiger partial charge in [0.1, 0.15) is 6.04 Å². The highest BCUT2D eigenvalue weighted by Crippen LogP contribution is 2.19. The van der Waals surface area contributed by atoms with Crippen LogP contribution in [0.15, 0.2) is 18.2 Å². The second kappa shape index (κ2) is 7.17. The number of hydrogen-bond acceptors (Lipinski definition) is 4. The molecule has 0 aliphatic rings. The summed E-state index contributed by atoms with van der Waals surface area (Å²) in [6.07, 6.45) is 0.899. The summed E-state index contributed by atoms with van der Waals surface area (Å²) >= 11 is 1.87. The second-order valence-electron chi connectivity index (χ2n) is 4.07. The summed E-state index contributed by atoms with van der Waals surface area (Å²) in [6.45, 7) is 1.80. The van der Waals surface area contributed by atoms with Gasteiger partial charge in [0.05, 0.1) is 10.5 Å². The molecule has 1 aromatic carbocycles. The molecule has 0 saturated carbocycles. The number of nitro groups is 1. The first-order chi connectivity index (χ1) is 9.36. The van der Waals surface area contributed by atoms with Crippen molar-refractivity contribution in [3.8, 4) is 0 Å². The van der Waals surface area contributed by atoms with Crippen molar-refractivity contribution in [1.29, 1.82) is 0 Å². The number of rotatable bonds is 6. The fraction of sp³-hybridized carbons (Fsp3) is 0.333. The summed E-state index contributed by atoms with van der Waals surface area (Å²) in [4.78, 5) is 33.1. The zero-order valence-electron chi connectivity index (χ0n) is 10.6. The van der Waals surface area contributed by atoms with E-state index in [2.05, 4.69) is 5.32 Å². The summed E-state index contributed by atoms with van der Waals surface area (Å²) in [5.74, 6) is -1.75. The Balaban J connectivity index is 2.99. The highest BCUT2D eigenvalue weighted by molar-refractivity contribution is 14.1. The zero-order valence-corrected chi connectivity index (χ0v) is 12.8. The molecule has 0 aliphatic carbocycles. The van der Waals surface area contributed by atoms with Gasteiger partial charge in [0, 0.05) is 15.7 Å². The first-order valence-corrected chi connectivity index (χ1v) is 6.92. The van der Waals surface area contributed by atoms with Gasteiger partial charge in [0.2, 0.25) is 0 Å². The Hall–Kier alpha value is -1.71. The van der Waals surface area contributed by atoms with Crippen LogP contribution < -0.4 is 5.32 Å². The minimum absolute atomic E-state index is 0.0992. The predicted molar refractivity (Wildman–Crippen MR) is 79.6 cm³/mol. The number of halogens is 1. The Morgan fingerprint density at radius 1 is 1.50 bits per heavy atom. The number of nitrogens with one attached hydrogen (secondary N) is 1. The van der Waals surface area contributed by atoms with Crippen molar-refractivity contribution in [1.82, 2.24) is 5.32 Å². The standard InChI is InChI=1S/C12H13IN2O5/c1-2-3-10(12(17)18)14-11(16)8-6-7(15(19)20)4-5-9(8)13/h4-6,10H,2-3H2,1H3,(H,14,16)(H,17,18)/t10-/m1/s1. The number of carbonyl (C=O) groups is 2. The molecule has 108 valence electrons. The number of benzene rings is 1. The molecule has 1 atom stereocenters. The van der Waals surface area contributed by atoms with E-state index in [0.29, 0.717) is 16.4 Å². The highest BCUT2D eigenvalue weighted by atomic mass is 127. The van der Waals surface area contributed by atoms with Gasteiger partial charge in [-0.1, -0.05) is 13.3 Å². The smallest absolute Gasteiger partial charge is 0.326 e. The molecule has 0 bridgehead atoms. The fourth-order valence-electron chi connectivity index (χ4n) is 1.58. The Kier molecular flexibility index (Phi) is 5.86. The lowest BCUT2D eigenvalue weighted by molar-refractivity contribution is -0.384. The minimum Gasteiger partial charge on any atom is -0.480 e. The van der Waals surface area contributed by atoms with Gasteiger partial charge in [-0.25, -0.2) is 4.79 Å². The quantitative estimate of drug-likeness (QED) is 0.438. The lowest BCUT2D eigenvalue weighted by Crippen LogP contribution is -2.40. The monoisotopic (exact) mass is 392 g/mol. The van der Waals surface area contributed by atoms with E-state index >= 15 is 0 Å². The molecule has 0 aliphatic heterocycles. The molecular formula is C12H13IN2O5. The third kappa shape index (κ3) is 4.15. The van der Waals surface area contributed by atoms with E-state index in [0.717, 1.165) is 6.07 Å². The lowest BCUT2D eigenvalue weighted by atomic mass is 10.1. The van der Waals surface area contributed by atoms with Gasteiger partial charge < -0.3 is 10.4 Å². The molecule has 0 saturated heterocycles. The number of non-ortho nitro benzene ring substituents is 1. The van der Waals surface area contributed by atoms with Crippen LogP contribution in [0.25, 0.3) is 0 Å². The maximum Gasteiger partial charge on any atom is 0.326 e. The van der Waals surface area contributed by atoms with Gasteiger partial charge >= 0.3 is 5.97 Å². The predicted octanol–water partition coefficient (Wildman–Crippen LogP) is 2.18. The molecule has 0 aromatic heterocycles. The number of hydrogen-bond donors (Lipinski definition) is 2. The molecular weight excluding hydrogens is 379 g/mol. The average molecular weight is 392 g/mol. The van der Waals surface area contributed by atoms with Crippen LogP contribution in [0, 0.1) is 13.7 Å². The van der Waals surface area contributed by atoms with Gasteiger partial charge in [-0.05, 0) is 35.1 Å². The Labute approximate surface area is 128 Å². The number of carboxylic acid groups (broad SMARTS) is 1. The normalized spacial score (nSPS) is 11.7. The van der Waals surface area contributed by atoms with Crippen molar-refractivity contribution in [2.24, 2.45) is 0 Å². The minimum atomic E-state index is -1.12. The van der Waals surface area contributed by atoms with Crippen LogP contribution in [0.2, 0.25) is 0 Å². The molecule has 7 nitrogen and oxygen atoms in total. The number of nitrogens with zero attached hydrogens (tertiary/aromatic N) is 1. The average Bonchev–Trinajstić information content (AvgIpc) is 2.38. The van der Waals surface area contributed by atoms with Crippen LogP contribution in [-0.2, 0) is 4.79 Å². The van der Waals surface area contributed by atoms with E-state index in [-0.39, 0.29) is 11.3 Å². The van der Waals surface area contributed by atoms with Crippen LogP contribution in [0.5, 0.6) is 0 Å². The van der Waals surface area contributed by atoms with Gasteiger partial charge in [-0.2, -0.15) is 0 Å². The van der Waals surface area contributed by atoms with E-state index in [1.807, 2.05) is 22.6 Å². The second-order valence-corrected chi connectivity index (χ2v) is 5.24. The van der Waals surface area contributed by atoms with Crippen LogP contribution in [0.3, 0.4) is 0 Å². The molecule has 20 heavy (non-hydrogen) atoms. The third-order valence-corrected chi connectivity index (χ3v) is 3.53. The maximum absolute atomic E-state index is 12.0. The van der Waals surface area contributed by atoms with E-state index in [4.69, 9.17) is 5.11 Å². The molecule has 8 heteroatoms. The van der Waals surface area contributed by atoms with E-state index in [9.17, 15) is 19.7 Å². The van der Waals surface area contributed by atoms with Crippen molar-refractivity contribution >= 4 is 40.2 Å². The molecule has 1 rings (SSSR count). The number of carbonyl (C=O) groups excluding carboxylic acids is 1. The first kappa shape index (κ1) is 16.3. The number of aliphatic carboxylic acids is 1. The SMILES string of the molecule is CCC[C@@H](NC(=O)c1cc([N+](=O)[O-])ccc1I)C(=O)O. The summed E-state index contributed by atoms with van der Waals surface area (Å²) in [5, 5.41) is 22.1. The molecule has 0 radical (unpaired) electrons. The lowest BCUT2D eigenvalue weighted by Gasteiger charge is -2.14. The van der Waals surface area contributed by atoms with E-state index in [1.54, 1.807) is 6.92 Å². The van der Waals surface area contributed by atoms with Gasteiger partial charge in [0.25, 0.3) is 11.6 Å². The van der Waals surface area contributed by atoms with Crippen molar-refractivity contribution in [3.63, 3.8) is 0 Å². The van der Waals surface area contributed by atoms with Gasteiger partial charge in [-0.3, -0.25) is 14.9 Å². The summed E-state index contributed by atoms with van der Waals surface area (Å²) in [5.41, 5.74) is -0.111. The molecule has 1 amide bonds. The van der Waals surface area contributed by atoms with Crippen molar-refractivity contribution in [3.05, 3.63) is 37.4 Å². The van der Waals surface area contributed by atoms with Crippen molar-refractivity contribution < 1.29 is 19.6 Å². The molecule has 0 unspecified atom stereocenters. The van der Waals surface area contributed by atoms with E-state index < -0.39 is 22.8 Å².